The first kappa shape index (κ1) is 26.7. The zero-order chi connectivity index (χ0) is 10.5. The molecule has 0 N–H and O–H groups in total. The minimum atomic E-state index is -5.15. The van der Waals surface area contributed by atoms with Gasteiger partial charge in [0, 0.05) is 12.4 Å². The Kier molecular flexibility index (Phi) is 22.9. The molecular weight excluding hydrogens is 272 g/mol. The molecule has 7 nitrogen and oxygen atoms in total. The van der Waals surface area contributed by atoms with Crippen molar-refractivity contribution in [3.63, 3.8) is 0 Å². The van der Waals surface area contributed by atoms with Gasteiger partial charge in [0.05, 0.1) is 7.82 Å². The SMILES string of the molecule is O=C([O-])CCC(=O)COP(=O)([O-])[O-].[Na+].[Na+].[Na+]. The van der Waals surface area contributed by atoms with Crippen molar-refractivity contribution in [2.24, 2.45) is 0 Å². The van der Waals surface area contributed by atoms with Crippen LogP contribution in [0.1, 0.15) is 12.8 Å². The summed E-state index contributed by atoms with van der Waals surface area (Å²) >= 11 is 0. The van der Waals surface area contributed by atoms with E-state index in [0.29, 0.717) is 0 Å². The second kappa shape index (κ2) is 13.7. The molecule has 0 aliphatic rings. The Balaban J connectivity index is -0.000000240. The number of carbonyl (C=O) groups excluding carboxylic acids is 2. The van der Waals surface area contributed by atoms with Gasteiger partial charge in [-0.2, -0.15) is 0 Å². The van der Waals surface area contributed by atoms with Gasteiger partial charge in [0.15, 0.2) is 5.78 Å². The standard InChI is InChI=1S/C5H9O7P.3Na/c6-4(1-2-5(7)8)3-12-13(9,10)11;;;/h1-3H2,(H,7,8)(H2,9,10,11);;;/q;3*+1/p-3. The van der Waals surface area contributed by atoms with Gasteiger partial charge in [-0.15, -0.1) is 0 Å². The fourth-order valence-corrected chi connectivity index (χ4v) is 0.767. The number of ketones is 1. The van der Waals surface area contributed by atoms with E-state index in [0.717, 1.165) is 0 Å². The molecular formula is C5H6Na3O7P. The van der Waals surface area contributed by atoms with Gasteiger partial charge in [-0.25, -0.2) is 0 Å². The first-order chi connectivity index (χ1) is 5.81. The van der Waals surface area contributed by atoms with Crippen molar-refractivity contribution in [1.82, 2.24) is 0 Å². The number of carboxylic acids is 1. The van der Waals surface area contributed by atoms with Crippen molar-refractivity contribution in [2.45, 2.75) is 12.8 Å². The summed E-state index contributed by atoms with van der Waals surface area (Å²) in [5, 5.41) is 9.82. The summed E-state index contributed by atoms with van der Waals surface area (Å²) in [5.41, 5.74) is 0. The van der Waals surface area contributed by atoms with Crippen LogP contribution in [0.5, 0.6) is 0 Å². The molecule has 0 bridgehead atoms. The van der Waals surface area contributed by atoms with E-state index in [1.54, 1.807) is 0 Å². The molecule has 0 saturated heterocycles. The molecule has 0 heterocycles. The van der Waals surface area contributed by atoms with E-state index < -0.39 is 39.0 Å². The second-order valence-electron chi connectivity index (χ2n) is 2.13. The van der Waals surface area contributed by atoms with Crippen LogP contribution in [0.2, 0.25) is 0 Å². The number of carboxylic acid groups (broad SMARTS) is 1. The average molecular weight is 278 g/mol. The summed E-state index contributed by atoms with van der Waals surface area (Å²) in [4.78, 5) is 40.1. The van der Waals surface area contributed by atoms with Crippen LogP contribution in [0.25, 0.3) is 0 Å². The zero-order valence-electron chi connectivity index (χ0n) is 9.43. The van der Waals surface area contributed by atoms with Gasteiger partial charge >= 0.3 is 88.7 Å². The maximum atomic E-state index is 10.6. The summed E-state index contributed by atoms with van der Waals surface area (Å²) in [6.45, 7) is -0.919. The second-order valence-corrected chi connectivity index (χ2v) is 3.28. The van der Waals surface area contributed by atoms with Gasteiger partial charge in [-0.1, -0.05) is 0 Å². The predicted molar refractivity (Wildman–Crippen MR) is 32.8 cm³/mol. The van der Waals surface area contributed by atoms with Gasteiger partial charge in [-0.3, -0.25) is 4.79 Å². The van der Waals surface area contributed by atoms with Gasteiger partial charge < -0.3 is 28.8 Å². The minimum Gasteiger partial charge on any atom is -0.790 e. The van der Waals surface area contributed by atoms with Crippen molar-refractivity contribution in [2.75, 3.05) is 6.61 Å². The Labute approximate surface area is 159 Å². The Bertz CT molecular complexity index is 252. The molecule has 76 valence electrons. The molecule has 0 spiro atoms. The van der Waals surface area contributed by atoms with E-state index in [2.05, 4.69) is 4.52 Å². The van der Waals surface area contributed by atoms with Crippen molar-refractivity contribution >= 4 is 19.6 Å². The number of hydrogen-bond acceptors (Lipinski definition) is 7. The van der Waals surface area contributed by atoms with Gasteiger partial charge in [0.2, 0.25) is 0 Å². The minimum absolute atomic E-state index is 0. The number of phosphoric ester groups is 1. The van der Waals surface area contributed by atoms with E-state index in [1.165, 1.54) is 0 Å². The molecule has 0 atom stereocenters. The van der Waals surface area contributed by atoms with Crippen molar-refractivity contribution < 1.29 is 122 Å². The molecule has 16 heavy (non-hydrogen) atoms. The largest absolute Gasteiger partial charge is 1.00 e. The van der Waals surface area contributed by atoms with Crippen molar-refractivity contribution in [1.29, 1.82) is 0 Å². The van der Waals surface area contributed by atoms with E-state index in [1.807, 2.05) is 0 Å². The smallest absolute Gasteiger partial charge is 0.790 e. The van der Waals surface area contributed by atoms with Crippen molar-refractivity contribution in [3.8, 4) is 0 Å². The van der Waals surface area contributed by atoms with Gasteiger partial charge in [0.25, 0.3) is 0 Å². The number of Topliss-reactive ketones (excluding diaryl/α,β-unsaturated/α-hetero) is 1. The summed E-state index contributed by atoms with van der Waals surface area (Å²) in [5.74, 6) is -2.21. The number of aliphatic carboxylic acids is 1. The van der Waals surface area contributed by atoms with E-state index in [-0.39, 0.29) is 88.7 Å². The van der Waals surface area contributed by atoms with Crippen molar-refractivity contribution in [3.05, 3.63) is 0 Å². The third kappa shape index (κ3) is 21.5. The summed E-state index contributed by atoms with van der Waals surface area (Å²) in [7, 11) is -5.15. The first-order valence-electron chi connectivity index (χ1n) is 3.19. The predicted octanol–water partition coefficient (Wildman–Crippen LogP) is -12.1. The summed E-state index contributed by atoms with van der Waals surface area (Å²) in [6, 6.07) is 0. The van der Waals surface area contributed by atoms with Gasteiger partial charge in [0.1, 0.15) is 6.61 Å². The van der Waals surface area contributed by atoms with Crippen LogP contribution >= 0.6 is 7.82 Å². The molecule has 0 unspecified atom stereocenters. The zero-order valence-corrected chi connectivity index (χ0v) is 16.3. The van der Waals surface area contributed by atoms with E-state index >= 15 is 0 Å². The molecule has 11 heteroatoms. The number of phosphoric acid groups is 1. The third-order valence-electron chi connectivity index (χ3n) is 0.992. The van der Waals surface area contributed by atoms with E-state index in [9.17, 15) is 29.0 Å². The quantitative estimate of drug-likeness (QED) is 0.348. The van der Waals surface area contributed by atoms with Crippen LogP contribution in [0.4, 0.5) is 0 Å². The number of carbonyl (C=O) groups is 2. The Morgan fingerprint density at radius 2 is 1.50 bits per heavy atom. The maximum Gasteiger partial charge on any atom is 1.00 e. The molecule has 0 rings (SSSR count). The Morgan fingerprint density at radius 1 is 1.06 bits per heavy atom. The molecule has 0 amide bonds. The van der Waals surface area contributed by atoms with Crippen LogP contribution in [0.3, 0.4) is 0 Å². The number of rotatable bonds is 6. The summed E-state index contributed by atoms with van der Waals surface area (Å²) < 4.78 is 13.4. The third-order valence-corrected chi connectivity index (χ3v) is 1.44. The van der Waals surface area contributed by atoms with Crippen LogP contribution < -0.4 is 104 Å². The molecule has 0 aromatic heterocycles. The fraction of sp³-hybridized carbons (Fsp3) is 0.600. The van der Waals surface area contributed by atoms with Crippen LogP contribution in [0, 0.1) is 0 Å². The topological polar surface area (TPSA) is 130 Å². The molecule has 0 radical (unpaired) electrons. The molecule has 0 saturated carbocycles. The van der Waals surface area contributed by atoms with Crippen LogP contribution in [-0.2, 0) is 18.7 Å². The number of hydrogen-bond donors (Lipinski definition) is 0. The fourth-order valence-electron chi connectivity index (χ4n) is 0.465. The molecule has 0 fully saturated rings. The monoisotopic (exact) mass is 278 g/mol. The average Bonchev–Trinajstić information content (AvgIpc) is 1.95. The van der Waals surface area contributed by atoms with Crippen LogP contribution in [0.15, 0.2) is 0 Å². The Morgan fingerprint density at radius 3 is 1.81 bits per heavy atom. The maximum absolute atomic E-state index is 10.6. The molecule has 0 aliphatic heterocycles. The molecule has 0 aliphatic carbocycles. The normalized spacial score (nSPS) is 9.12. The van der Waals surface area contributed by atoms with E-state index in [4.69, 9.17) is 0 Å². The molecule has 0 aromatic carbocycles. The summed E-state index contributed by atoms with van der Waals surface area (Å²) in [6.07, 6.45) is -0.938. The van der Waals surface area contributed by atoms with Crippen LogP contribution in [-0.4, -0.2) is 18.4 Å². The molecule has 0 aromatic rings. The van der Waals surface area contributed by atoms with Gasteiger partial charge in [-0.05, 0) is 6.42 Å². The Hall–Kier alpha value is 2.25. The first-order valence-corrected chi connectivity index (χ1v) is 4.65.